The molecule has 0 aliphatic carbocycles. The van der Waals surface area contributed by atoms with Crippen LogP contribution in [0.25, 0.3) is 0 Å². The molecular weight excluding hydrogens is 526 g/mol. The van der Waals surface area contributed by atoms with Crippen LogP contribution in [0.5, 0.6) is 0 Å². The fraction of sp³-hybridized carbons (Fsp3) is 0.433. The van der Waals surface area contributed by atoms with Crippen LogP contribution in [0.3, 0.4) is 0 Å². The molecule has 0 aromatic heterocycles. The summed E-state index contributed by atoms with van der Waals surface area (Å²) in [4.78, 5) is 66.2. The third kappa shape index (κ3) is 7.62. The minimum absolute atomic E-state index is 0.0126. The van der Waals surface area contributed by atoms with E-state index in [2.05, 4.69) is 16.0 Å². The molecule has 0 spiro atoms. The number of aliphatic carboxylic acids is 1. The van der Waals surface area contributed by atoms with Crippen LogP contribution in [0.1, 0.15) is 58.6 Å². The Balaban J connectivity index is 1.73. The highest BCUT2D eigenvalue weighted by Gasteiger charge is 2.54. The molecule has 41 heavy (non-hydrogen) atoms. The number of para-hydroxylation sites is 1. The van der Waals surface area contributed by atoms with Gasteiger partial charge in [-0.15, -0.1) is 0 Å². The van der Waals surface area contributed by atoms with Crippen molar-refractivity contribution in [3.63, 3.8) is 0 Å². The molecule has 220 valence electrons. The number of aryl methyl sites for hydroxylation is 1. The molecule has 0 bridgehead atoms. The lowest BCUT2D eigenvalue weighted by molar-refractivity contribution is -0.140. The molecule has 1 heterocycles. The van der Waals surface area contributed by atoms with E-state index in [0.717, 1.165) is 16.0 Å². The summed E-state index contributed by atoms with van der Waals surface area (Å²) in [5.74, 6) is -2.14. The number of carbonyl (C=O) groups is 5. The van der Waals surface area contributed by atoms with Crippen LogP contribution in [0, 0.1) is 12.8 Å². The third-order valence-electron chi connectivity index (χ3n) is 6.98. The number of nitrogens with one attached hydrogen (secondary N) is 3. The van der Waals surface area contributed by atoms with E-state index >= 15 is 0 Å². The molecule has 4 N–H and O–H groups in total. The molecule has 0 saturated carbocycles. The lowest BCUT2D eigenvalue weighted by Crippen LogP contribution is -2.53. The monoisotopic (exact) mass is 565 g/mol. The maximum absolute atomic E-state index is 13.6. The van der Waals surface area contributed by atoms with Gasteiger partial charge in [0.2, 0.25) is 5.91 Å². The highest BCUT2D eigenvalue weighted by atomic mass is 16.4. The maximum Gasteiger partial charge on any atom is 0.328 e. The Morgan fingerprint density at radius 2 is 1.59 bits per heavy atom. The Morgan fingerprint density at radius 3 is 2.17 bits per heavy atom. The van der Waals surface area contributed by atoms with Gasteiger partial charge in [-0.3, -0.25) is 14.4 Å². The molecule has 11 heteroatoms. The Morgan fingerprint density at radius 1 is 0.951 bits per heavy atom. The second-order valence-electron chi connectivity index (χ2n) is 11.3. The van der Waals surface area contributed by atoms with Gasteiger partial charge in [0, 0.05) is 24.0 Å². The molecule has 2 aromatic rings. The first-order chi connectivity index (χ1) is 19.2. The Bertz CT molecular complexity index is 1310. The second kappa shape index (κ2) is 12.8. The zero-order valence-electron chi connectivity index (χ0n) is 24.4. The maximum atomic E-state index is 13.6. The van der Waals surface area contributed by atoms with Gasteiger partial charge in [0.1, 0.15) is 11.6 Å². The van der Waals surface area contributed by atoms with Gasteiger partial charge in [0.15, 0.2) is 0 Å². The number of carboxylic acids is 1. The summed E-state index contributed by atoms with van der Waals surface area (Å²) in [6.07, 6.45) is -0.0456. The van der Waals surface area contributed by atoms with E-state index < -0.39 is 47.5 Å². The molecule has 6 amide bonds. The van der Waals surface area contributed by atoms with Crippen molar-refractivity contribution in [2.45, 2.75) is 78.6 Å². The van der Waals surface area contributed by atoms with Crippen LogP contribution < -0.4 is 16.0 Å². The van der Waals surface area contributed by atoms with Gasteiger partial charge < -0.3 is 26.0 Å². The number of benzene rings is 2. The van der Waals surface area contributed by atoms with Crippen molar-refractivity contribution in [3.05, 3.63) is 59.7 Å². The first-order valence-electron chi connectivity index (χ1n) is 13.6. The molecule has 1 saturated heterocycles. The summed E-state index contributed by atoms with van der Waals surface area (Å²) in [5.41, 5.74) is 1.69. The van der Waals surface area contributed by atoms with Crippen molar-refractivity contribution in [2.75, 3.05) is 10.6 Å². The number of hydrogen-bond acceptors (Lipinski definition) is 5. The summed E-state index contributed by atoms with van der Waals surface area (Å²) in [6.45, 7) is 10.6. The van der Waals surface area contributed by atoms with E-state index in [1.165, 1.54) is 4.90 Å². The minimum atomic E-state index is -1.22. The van der Waals surface area contributed by atoms with Crippen LogP contribution in [0.15, 0.2) is 48.5 Å². The summed E-state index contributed by atoms with van der Waals surface area (Å²) in [6, 6.07) is 11.6. The standard InChI is InChI=1S/C30H39N5O6/c1-18(2)15-24(26(38)31-20(4)16-25(36)37)35-27(39)30(5,6)34(29(35)41)17-21-11-13-22(14-12-21)32-28(40)33-23-10-8-7-9-19(23)3/h7-14,18,20,24H,15-17H2,1-6H3,(H,31,38)(H,36,37)(H2,32,33,40). The molecule has 0 radical (unpaired) electrons. The predicted molar refractivity (Wildman–Crippen MR) is 155 cm³/mol. The van der Waals surface area contributed by atoms with Crippen LogP contribution in [0.4, 0.5) is 21.0 Å². The number of rotatable bonds is 11. The van der Waals surface area contributed by atoms with Crippen LogP contribution in [-0.2, 0) is 20.9 Å². The smallest absolute Gasteiger partial charge is 0.328 e. The molecule has 1 fully saturated rings. The molecule has 3 rings (SSSR count). The fourth-order valence-electron chi connectivity index (χ4n) is 4.71. The van der Waals surface area contributed by atoms with E-state index in [4.69, 9.17) is 5.11 Å². The van der Waals surface area contributed by atoms with Gasteiger partial charge in [-0.1, -0.05) is 44.2 Å². The molecule has 1 aliphatic rings. The van der Waals surface area contributed by atoms with E-state index in [0.29, 0.717) is 11.4 Å². The molecule has 2 aromatic carbocycles. The molecule has 11 nitrogen and oxygen atoms in total. The summed E-state index contributed by atoms with van der Waals surface area (Å²) in [7, 11) is 0. The highest BCUT2D eigenvalue weighted by molar-refractivity contribution is 6.09. The number of nitrogens with zero attached hydrogens (tertiary/aromatic N) is 2. The van der Waals surface area contributed by atoms with E-state index in [-0.39, 0.29) is 25.3 Å². The molecule has 2 unspecified atom stereocenters. The molecule has 2 atom stereocenters. The van der Waals surface area contributed by atoms with Gasteiger partial charge in [-0.05, 0) is 69.4 Å². The summed E-state index contributed by atoms with van der Waals surface area (Å²) < 4.78 is 0. The van der Waals surface area contributed by atoms with Crippen LogP contribution >= 0.6 is 0 Å². The summed E-state index contributed by atoms with van der Waals surface area (Å²) >= 11 is 0. The van der Waals surface area contributed by atoms with Crippen molar-refractivity contribution >= 4 is 41.2 Å². The zero-order chi connectivity index (χ0) is 30.5. The fourth-order valence-corrected chi connectivity index (χ4v) is 4.71. The van der Waals surface area contributed by atoms with E-state index in [9.17, 15) is 24.0 Å². The Labute approximate surface area is 240 Å². The number of anilines is 2. The summed E-state index contributed by atoms with van der Waals surface area (Å²) in [5, 5.41) is 17.3. The van der Waals surface area contributed by atoms with Crippen LogP contribution in [-0.4, -0.2) is 62.4 Å². The number of carbonyl (C=O) groups excluding carboxylic acids is 4. The van der Waals surface area contributed by atoms with Crippen molar-refractivity contribution < 1.29 is 29.1 Å². The number of hydrogen-bond donors (Lipinski definition) is 4. The number of carboxylic acid groups (broad SMARTS) is 1. The van der Waals surface area contributed by atoms with Crippen molar-refractivity contribution in [3.8, 4) is 0 Å². The van der Waals surface area contributed by atoms with E-state index in [1.54, 1.807) is 45.0 Å². The van der Waals surface area contributed by atoms with Crippen molar-refractivity contribution in [1.29, 1.82) is 0 Å². The van der Waals surface area contributed by atoms with Gasteiger partial charge in [-0.2, -0.15) is 0 Å². The zero-order valence-corrected chi connectivity index (χ0v) is 24.4. The third-order valence-corrected chi connectivity index (χ3v) is 6.98. The quantitative estimate of drug-likeness (QED) is 0.293. The largest absolute Gasteiger partial charge is 0.481 e. The number of urea groups is 2. The lowest BCUT2D eigenvalue weighted by Gasteiger charge is -2.28. The van der Waals surface area contributed by atoms with E-state index in [1.807, 2.05) is 45.0 Å². The number of imide groups is 1. The average molecular weight is 566 g/mol. The van der Waals surface area contributed by atoms with Crippen molar-refractivity contribution in [1.82, 2.24) is 15.1 Å². The highest BCUT2D eigenvalue weighted by Crippen LogP contribution is 2.33. The molecule has 1 aliphatic heterocycles. The second-order valence-corrected chi connectivity index (χ2v) is 11.3. The van der Waals surface area contributed by atoms with Gasteiger partial charge in [0.25, 0.3) is 5.91 Å². The lowest BCUT2D eigenvalue weighted by atomic mass is 9.99. The van der Waals surface area contributed by atoms with Crippen molar-refractivity contribution in [2.24, 2.45) is 5.92 Å². The first kappa shape index (κ1) is 31.1. The normalized spacial score (nSPS) is 16.0. The van der Waals surface area contributed by atoms with Gasteiger partial charge in [0.05, 0.1) is 6.42 Å². The Kier molecular flexibility index (Phi) is 9.75. The SMILES string of the molecule is Cc1ccccc1NC(=O)Nc1ccc(CN2C(=O)N(C(CC(C)C)C(=O)NC(C)CC(=O)O)C(=O)C2(C)C)cc1. The Hall–Kier alpha value is -4.41. The minimum Gasteiger partial charge on any atom is -0.481 e. The van der Waals surface area contributed by atoms with Gasteiger partial charge in [-0.25, -0.2) is 14.5 Å². The van der Waals surface area contributed by atoms with Crippen LogP contribution in [0.2, 0.25) is 0 Å². The first-order valence-corrected chi connectivity index (χ1v) is 13.6. The topological polar surface area (TPSA) is 148 Å². The predicted octanol–water partition coefficient (Wildman–Crippen LogP) is 4.58. The number of amides is 6. The molecular formula is C30H39N5O6. The van der Waals surface area contributed by atoms with Gasteiger partial charge >= 0.3 is 18.0 Å². The average Bonchev–Trinajstić information content (AvgIpc) is 3.03.